The summed E-state index contributed by atoms with van der Waals surface area (Å²) in [7, 11) is 0. The Morgan fingerprint density at radius 2 is 1.57 bits per heavy atom. The summed E-state index contributed by atoms with van der Waals surface area (Å²) in [5, 5.41) is 18.0. The molecule has 0 bridgehead atoms. The SMILES string of the molecule is CC(C)(C)OC(=O)N[C@@H](CCCCNC(=O)OCc1ccccc1Cl)C(=O)N[C@@H](CCCN=C(N)N[N+](=O)[O-])C(=O)OCc1ccccc1. The summed E-state index contributed by atoms with van der Waals surface area (Å²) in [5.74, 6) is -1.81. The molecule has 0 aromatic heterocycles. The molecule has 2 rings (SSSR count). The van der Waals surface area contributed by atoms with Crippen LogP contribution in [-0.4, -0.2) is 65.8 Å². The quantitative estimate of drug-likeness (QED) is 0.0286. The van der Waals surface area contributed by atoms with Crippen LogP contribution in [0.15, 0.2) is 59.6 Å². The fourth-order valence-electron chi connectivity index (χ4n) is 4.17. The van der Waals surface area contributed by atoms with Gasteiger partial charge in [-0.1, -0.05) is 65.6 Å². The van der Waals surface area contributed by atoms with Crippen LogP contribution < -0.4 is 27.1 Å². The molecule has 0 radical (unpaired) electrons. The summed E-state index contributed by atoms with van der Waals surface area (Å²) in [5.41, 5.74) is 7.73. The van der Waals surface area contributed by atoms with Gasteiger partial charge in [0.2, 0.25) is 5.91 Å². The number of ether oxygens (including phenoxy) is 3. The number of nitrogens with two attached hydrogens (primary N) is 1. The molecule has 0 unspecified atom stereocenters. The maximum absolute atomic E-state index is 13.5. The summed E-state index contributed by atoms with van der Waals surface area (Å²) in [6.07, 6.45) is -0.263. The van der Waals surface area contributed by atoms with E-state index in [1.54, 1.807) is 74.7 Å². The van der Waals surface area contributed by atoms with E-state index in [4.69, 9.17) is 31.5 Å². The van der Waals surface area contributed by atoms with E-state index in [0.29, 0.717) is 23.4 Å². The van der Waals surface area contributed by atoms with Gasteiger partial charge in [-0.3, -0.25) is 4.79 Å². The number of halogens is 1. The van der Waals surface area contributed by atoms with Gasteiger partial charge in [-0.05, 0) is 64.5 Å². The van der Waals surface area contributed by atoms with E-state index in [0.717, 1.165) is 5.56 Å². The van der Waals surface area contributed by atoms with Gasteiger partial charge in [0.15, 0.2) is 5.03 Å². The normalized spacial score (nSPS) is 12.5. The largest absolute Gasteiger partial charge is 0.459 e. The minimum atomic E-state index is -1.14. The monoisotopic (exact) mass is 705 g/mol. The maximum atomic E-state index is 13.5. The molecule has 2 aromatic rings. The highest BCUT2D eigenvalue weighted by Gasteiger charge is 2.29. The van der Waals surface area contributed by atoms with Crippen LogP contribution in [0.2, 0.25) is 5.02 Å². The topological polar surface area (TPSA) is 226 Å². The summed E-state index contributed by atoms with van der Waals surface area (Å²) in [6.45, 7) is 5.22. The first-order valence-corrected chi connectivity index (χ1v) is 16.0. The van der Waals surface area contributed by atoms with Crippen molar-refractivity contribution < 1.29 is 38.4 Å². The molecule has 2 atom stereocenters. The molecule has 0 aliphatic rings. The molecule has 0 fully saturated rings. The smallest absolute Gasteiger partial charge is 0.408 e. The van der Waals surface area contributed by atoms with E-state index in [9.17, 15) is 29.3 Å². The first kappa shape index (κ1) is 40.1. The van der Waals surface area contributed by atoms with Crippen LogP contribution in [0, 0.1) is 10.1 Å². The number of aliphatic imine (C=N–C) groups is 1. The number of carbonyl (C=O) groups is 4. The fourth-order valence-corrected chi connectivity index (χ4v) is 4.36. The van der Waals surface area contributed by atoms with Gasteiger partial charge in [-0.15, -0.1) is 0 Å². The molecule has 0 aliphatic heterocycles. The summed E-state index contributed by atoms with van der Waals surface area (Å²) in [4.78, 5) is 65.7. The van der Waals surface area contributed by atoms with Crippen molar-refractivity contribution in [2.75, 3.05) is 13.1 Å². The Labute approximate surface area is 289 Å². The number of amides is 3. The van der Waals surface area contributed by atoms with E-state index in [1.807, 2.05) is 6.07 Å². The van der Waals surface area contributed by atoms with Gasteiger partial charge in [0.25, 0.3) is 5.96 Å². The molecular weight excluding hydrogens is 662 g/mol. The number of hydrogen-bond acceptors (Lipinski definition) is 10. The number of rotatable bonds is 18. The van der Waals surface area contributed by atoms with Crippen LogP contribution in [0.1, 0.15) is 64.0 Å². The van der Waals surface area contributed by atoms with Crippen LogP contribution in [-0.2, 0) is 37.0 Å². The van der Waals surface area contributed by atoms with Gasteiger partial charge in [0.1, 0.15) is 30.9 Å². The number of guanidine groups is 1. The van der Waals surface area contributed by atoms with E-state index >= 15 is 0 Å². The minimum absolute atomic E-state index is 0.00197. The second-order valence-electron chi connectivity index (χ2n) is 11.7. The zero-order valence-electron chi connectivity index (χ0n) is 27.7. The second-order valence-corrected chi connectivity index (χ2v) is 12.1. The van der Waals surface area contributed by atoms with E-state index < -0.39 is 52.7 Å². The minimum Gasteiger partial charge on any atom is -0.459 e. The highest BCUT2D eigenvalue weighted by molar-refractivity contribution is 6.31. The molecular formula is C32H44ClN7O9. The fraction of sp³-hybridized carbons (Fsp3) is 0.469. The Bertz CT molecular complexity index is 1420. The maximum Gasteiger partial charge on any atom is 0.408 e. The number of nitro groups is 1. The van der Waals surface area contributed by atoms with Crippen LogP contribution in [0.25, 0.3) is 0 Å². The molecule has 17 heteroatoms. The van der Waals surface area contributed by atoms with Crippen molar-refractivity contribution in [2.45, 2.75) is 83.8 Å². The van der Waals surface area contributed by atoms with Crippen molar-refractivity contribution in [1.29, 1.82) is 0 Å². The van der Waals surface area contributed by atoms with Crippen LogP contribution in [0.5, 0.6) is 0 Å². The first-order chi connectivity index (χ1) is 23.2. The predicted molar refractivity (Wildman–Crippen MR) is 181 cm³/mol. The average molecular weight is 706 g/mol. The molecule has 0 heterocycles. The molecule has 268 valence electrons. The third-order valence-electron chi connectivity index (χ3n) is 6.48. The molecule has 3 amide bonds. The lowest BCUT2D eigenvalue weighted by atomic mass is 10.1. The van der Waals surface area contributed by atoms with Crippen molar-refractivity contribution in [3.8, 4) is 0 Å². The van der Waals surface area contributed by atoms with E-state index in [1.165, 1.54) is 0 Å². The van der Waals surface area contributed by atoms with E-state index in [2.05, 4.69) is 20.9 Å². The standard InChI is InChI=1S/C32H44ClN7O9/c1-32(2,3)49-31(44)38-25(16-9-10-18-36-30(43)48-21-23-14-7-8-15-24(23)33)27(41)37-26(17-11-19-35-29(34)39-40(45)46)28(42)47-20-22-12-5-4-6-13-22/h4-8,12-15,25-26H,9-11,16-21H2,1-3H3,(H,36,43)(H,37,41)(H,38,44)(H3,34,35,39)/t25-,26-/m0/s1. The van der Waals surface area contributed by atoms with Gasteiger partial charge in [-0.2, -0.15) is 0 Å². The first-order valence-electron chi connectivity index (χ1n) is 15.6. The molecule has 2 aromatic carbocycles. The second kappa shape index (κ2) is 21.0. The highest BCUT2D eigenvalue weighted by atomic mass is 35.5. The lowest BCUT2D eigenvalue weighted by Crippen LogP contribution is -2.52. The van der Waals surface area contributed by atoms with Crippen molar-refractivity contribution in [3.63, 3.8) is 0 Å². The van der Waals surface area contributed by atoms with Crippen LogP contribution in [0.3, 0.4) is 0 Å². The van der Waals surface area contributed by atoms with Gasteiger partial charge in [0, 0.05) is 23.7 Å². The van der Waals surface area contributed by atoms with Gasteiger partial charge in [0.05, 0.1) is 0 Å². The summed E-state index contributed by atoms with van der Waals surface area (Å²) < 4.78 is 16.0. The molecule has 49 heavy (non-hydrogen) atoms. The molecule has 0 aliphatic carbocycles. The van der Waals surface area contributed by atoms with Crippen molar-refractivity contribution >= 4 is 41.6 Å². The lowest BCUT2D eigenvalue weighted by molar-refractivity contribution is -0.525. The zero-order chi connectivity index (χ0) is 36.2. The molecule has 0 saturated heterocycles. The van der Waals surface area contributed by atoms with Crippen molar-refractivity contribution in [2.24, 2.45) is 10.7 Å². The number of alkyl carbamates (subject to hydrolysis) is 2. The molecule has 0 spiro atoms. The number of esters is 1. The molecule has 0 saturated carbocycles. The highest BCUT2D eigenvalue weighted by Crippen LogP contribution is 2.16. The third kappa shape index (κ3) is 17.6. The molecule has 6 N–H and O–H groups in total. The Balaban J connectivity index is 2.02. The van der Waals surface area contributed by atoms with Crippen molar-refractivity contribution in [1.82, 2.24) is 21.4 Å². The predicted octanol–water partition coefficient (Wildman–Crippen LogP) is 3.73. The number of hydrazine groups is 1. The Hall–Kier alpha value is -5.12. The Morgan fingerprint density at radius 1 is 0.898 bits per heavy atom. The van der Waals surface area contributed by atoms with Crippen molar-refractivity contribution in [3.05, 3.63) is 80.9 Å². The number of nitrogens with one attached hydrogen (secondary N) is 4. The van der Waals surface area contributed by atoms with Gasteiger partial charge < -0.3 is 35.9 Å². The lowest BCUT2D eigenvalue weighted by Gasteiger charge is -2.25. The number of unbranched alkanes of at least 4 members (excludes halogenated alkanes) is 1. The Kier molecular flexibility index (Phi) is 17.1. The Morgan fingerprint density at radius 3 is 2.24 bits per heavy atom. The van der Waals surface area contributed by atoms with Crippen LogP contribution in [0.4, 0.5) is 9.59 Å². The average Bonchev–Trinajstić information content (AvgIpc) is 3.03. The third-order valence-corrected chi connectivity index (χ3v) is 6.85. The number of nitrogens with zero attached hydrogens (tertiary/aromatic N) is 2. The number of benzene rings is 2. The van der Waals surface area contributed by atoms with E-state index in [-0.39, 0.29) is 45.6 Å². The zero-order valence-corrected chi connectivity index (χ0v) is 28.5. The van der Waals surface area contributed by atoms with Gasteiger partial charge >= 0.3 is 18.2 Å². The summed E-state index contributed by atoms with van der Waals surface area (Å²) >= 11 is 6.09. The molecule has 16 nitrogen and oxygen atoms in total. The van der Waals surface area contributed by atoms with Gasteiger partial charge in [-0.25, -0.2) is 29.5 Å². The van der Waals surface area contributed by atoms with Crippen LogP contribution >= 0.6 is 11.6 Å². The number of hydrogen-bond donors (Lipinski definition) is 5. The number of carbonyl (C=O) groups excluding carboxylic acids is 4. The summed E-state index contributed by atoms with van der Waals surface area (Å²) in [6, 6.07) is 13.7.